The molecule has 0 bridgehead atoms. The third kappa shape index (κ3) is 3.50. The lowest BCUT2D eigenvalue weighted by Crippen LogP contribution is -2.48. The molecule has 0 saturated heterocycles. The van der Waals surface area contributed by atoms with Gasteiger partial charge in [-0.25, -0.2) is 4.98 Å². The topological polar surface area (TPSA) is 67.2 Å². The molecule has 1 aromatic heterocycles. The van der Waals surface area contributed by atoms with E-state index in [1.807, 2.05) is 13.8 Å². The number of rotatable bonds is 5. The molecule has 1 aromatic rings. The molecular formula is C12H18F3N3O2. The Morgan fingerprint density at radius 3 is 2.50 bits per heavy atom. The maximum atomic E-state index is 13.1. The van der Waals surface area contributed by atoms with Gasteiger partial charge in [-0.2, -0.15) is 13.2 Å². The van der Waals surface area contributed by atoms with Crippen molar-refractivity contribution in [1.82, 2.24) is 14.9 Å². The summed E-state index contributed by atoms with van der Waals surface area (Å²) in [7, 11) is 1.32. The fraction of sp³-hybridized carbons (Fsp3) is 0.667. The predicted molar refractivity (Wildman–Crippen MR) is 65.6 cm³/mol. The monoisotopic (exact) mass is 293 g/mol. The molecule has 1 unspecified atom stereocenters. The van der Waals surface area contributed by atoms with Crippen LogP contribution in [0.25, 0.3) is 0 Å². The summed E-state index contributed by atoms with van der Waals surface area (Å²) >= 11 is 0. The second kappa shape index (κ2) is 5.82. The van der Waals surface area contributed by atoms with E-state index in [2.05, 4.69) is 10.3 Å². The van der Waals surface area contributed by atoms with Crippen LogP contribution in [0.2, 0.25) is 0 Å². The Labute approximate surface area is 114 Å². The van der Waals surface area contributed by atoms with E-state index in [4.69, 9.17) is 0 Å². The van der Waals surface area contributed by atoms with E-state index < -0.39 is 29.9 Å². The number of imidazole rings is 1. The number of aryl methyl sites for hydroxylation is 1. The minimum atomic E-state index is -5.00. The fourth-order valence-electron chi connectivity index (χ4n) is 1.68. The maximum Gasteiger partial charge on any atom is 0.425 e. The van der Waals surface area contributed by atoms with E-state index in [1.54, 1.807) is 0 Å². The maximum absolute atomic E-state index is 13.1. The van der Waals surface area contributed by atoms with Gasteiger partial charge in [0.05, 0.1) is 6.42 Å². The Hall–Kier alpha value is -1.57. The predicted octanol–water partition coefficient (Wildman–Crippen LogP) is 1.33. The van der Waals surface area contributed by atoms with Crippen molar-refractivity contribution in [3.05, 3.63) is 18.2 Å². The summed E-state index contributed by atoms with van der Waals surface area (Å²) in [6.45, 7) is 3.87. The van der Waals surface area contributed by atoms with Crippen molar-refractivity contribution >= 4 is 5.91 Å². The molecule has 1 amide bonds. The van der Waals surface area contributed by atoms with Gasteiger partial charge in [-0.15, -0.1) is 0 Å². The molecule has 5 nitrogen and oxygen atoms in total. The molecule has 2 N–H and O–H groups in total. The van der Waals surface area contributed by atoms with Crippen molar-refractivity contribution < 1.29 is 23.1 Å². The minimum Gasteiger partial charge on any atom is -0.374 e. The molecule has 8 heteroatoms. The van der Waals surface area contributed by atoms with Crippen LogP contribution >= 0.6 is 0 Å². The molecule has 0 saturated carbocycles. The van der Waals surface area contributed by atoms with Crippen LogP contribution in [0.1, 0.15) is 26.1 Å². The highest BCUT2D eigenvalue weighted by atomic mass is 19.4. The van der Waals surface area contributed by atoms with Gasteiger partial charge >= 0.3 is 6.18 Å². The molecule has 20 heavy (non-hydrogen) atoms. The number of carbonyl (C=O) groups excluding carboxylic acids is 1. The Morgan fingerprint density at radius 2 is 2.10 bits per heavy atom. The number of halogens is 3. The molecule has 114 valence electrons. The number of aromatic nitrogens is 2. The van der Waals surface area contributed by atoms with Gasteiger partial charge in [0.25, 0.3) is 0 Å². The zero-order valence-corrected chi connectivity index (χ0v) is 11.5. The Morgan fingerprint density at radius 1 is 1.50 bits per heavy atom. The van der Waals surface area contributed by atoms with Crippen LogP contribution in [-0.2, 0) is 17.4 Å². The zero-order valence-electron chi connectivity index (χ0n) is 11.5. The van der Waals surface area contributed by atoms with E-state index in [1.165, 1.54) is 13.2 Å². The summed E-state index contributed by atoms with van der Waals surface area (Å²) < 4.78 is 40.4. The van der Waals surface area contributed by atoms with Crippen molar-refractivity contribution in [2.45, 2.75) is 32.0 Å². The molecule has 1 rings (SSSR count). The van der Waals surface area contributed by atoms with Crippen molar-refractivity contribution in [2.24, 2.45) is 13.0 Å². The lowest BCUT2D eigenvalue weighted by Gasteiger charge is -2.29. The Bertz CT molecular complexity index is 471. The quantitative estimate of drug-likeness (QED) is 0.860. The summed E-state index contributed by atoms with van der Waals surface area (Å²) in [5.74, 6) is -1.38. The summed E-state index contributed by atoms with van der Waals surface area (Å²) in [4.78, 5) is 15.1. The van der Waals surface area contributed by atoms with Crippen LogP contribution in [0.3, 0.4) is 0 Å². The zero-order chi connectivity index (χ0) is 15.6. The van der Waals surface area contributed by atoms with Gasteiger partial charge in [-0.1, -0.05) is 13.8 Å². The fourth-order valence-corrected chi connectivity index (χ4v) is 1.68. The van der Waals surface area contributed by atoms with E-state index in [9.17, 15) is 23.1 Å². The van der Waals surface area contributed by atoms with E-state index >= 15 is 0 Å². The number of nitrogens with zero attached hydrogens (tertiary/aromatic N) is 2. The molecule has 0 radical (unpaired) electrons. The van der Waals surface area contributed by atoms with E-state index in [0.717, 1.165) is 10.8 Å². The molecule has 0 aliphatic heterocycles. The highest BCUT2D eigenvalue weighted by Gasteiger charge is 2.58. The average molecular weight is 293 g/mol. The second-order valence-corrected chi connectivity index (χ2v) is 5.09. The highest BCUT2D eigenvalue weighted by Crippen LogP contribution is 2.40. The van der Waals surface area contributed by atoms with Crippen LogP contribution in [0, 0.1) is 5.92 Å². The number of carbonyl (C=O) groups is 1. The number of hydrogen-bond donors (Lipinski definition) is 2. The second-order valence-electron chi connectivity index (χ2n) is 5.09. The third-order valence-corrected chi connectivity index (χ3v) is 2.78. The third-order valence-electron chi connectivity index (χ3n) is 2.78. The van der Waals surface area contributed by atoms with Gasteiger partial charge in [0.2, 0.25) is 11.5 Å². The summed E-state index contributed by atoms with van der Waals surface area (Å²) in [6.07, 6.45) is -3.70. The van der Waals surface area contributed by atoms with Crippen LogP contribution in [-0.4, -0.2) is 33.3 Å². The van der Waals surface area contributed by atoms with Gasteiger partial charge < -0.3 is 15.0 Å². The van der Waals surface area contributed by atoms with Crippen molar-refractivity contribution in [1.29, 1.82) is 0 Å². The SMILES string of the molecule is CC(C)CNC(=O)CC(O)(c1nccn1C)C(F)(F)F. The normalized spacial score (nSPS) is 15.2. The molecular weight excluding hydrogens is 275 g/mol. The molecule has 0 spiro atoms. The van der Waals surface area contributed by atoms with Crippen LogP contribution in [0.4, 0.5) is 13.2 Å². The van der Waals surface area contributed by atoms with Crippen LogP contribution in [0.15, 0.2) is 12.4 Å². The molecule has 1 heterocycles. The largest absolute Gasteiger partial charge is 0.425 e. The first-order valence-electron chi connectivity index (χ1n) is 6.11. The van der Waals surface area contributed by atoms with Crippen LogP contribution in [0.5, 0.6) is 0 Å². The molecule has 0 fully saturated rings. The molecule has 0 aliphatic carbocycles. The lowest BCUT2D eigenvalue weighted by molar-refractivity contribution is -0.271. The van der Waals surface area contributed by atoms with Crippen molar-refractivity contribution in [3.8, 4) is 0 Å². The lowest BCUT2D eigenvalue weighted by atomic mass is 9.97. The highest BCUT2D eigenvalue weighted by molar-refractivity contribution is 5.77. The van der Waals surface area contributed by atoms with Gasteiger partial charge in [0.15, 0.2) is 5.82 Å². The van der Waals surface area contributed by atoms with E-state index in [-0.39, 0.29) is 12.5 Å². The first-order valence-corrected chi connectivity index (χ1v) is 6.11. The molecule has 0 aromatic carbocycles. The van der Waals surface area contributed by atoms with Gasteiger partial charge in [0, 0.05) is 26.0 Å². The van der Waals surface area contributed by atoms with Crippen molar-refractivity contribution in [2.75, 3.05) is 6.54 Å². The van der Waals surface area contributed by atoms with Crippen LogP contribution < -0.4 is 5.32 Å². The molecule has 1 atom stereocenters. The summed E-state index contributed by atoms with van der Waals surface area (Å²) in [5, 5.41) is 12.3. The first kappa shape index (κ1) is 16.5. The smallest absolute Gasteiger partial charge is 0.374 e. The summed E-state index contributed by atoms with van der Waals surface area (Å²) in [5.41, 5.74) is -3.30. The standard InChI is InChI=1S/C12H18F3N3O2/c1-8(2)7-17-9(19)6-11(20,12(13,14)15)10-16-4-5-18(10)3/h4-5,8,20H,6-7H2,1-3H3,(H,17,19). The van der Waals surface area contributed by atoms with E-state index in [0.29, 0.717) is 0 Å². The average Bonchev–Trinajstić information content (AvgIpc) is 2.71. The minimum absolute atomic E-state index is 0.103. The molecule has 0 aliphatic rings. The number of nitrogens with one attached hydrogen (secondary N) is 1. The number of hydrogen-bond acceptors (Lipinski definition) is 3. The Kier molecular flexibility index (Phi) is 4.80. The van der Waals surface area contributed by atoms with Gasteiger partial charge in [0.1, 0.15) is 0 Å². The van der Waals surface area contributed by atoms with Gasteiger partial charge in [-0.3, -0.25) is 4.79 Å². The van der Waals surface area contributed by atoms with Crippen molar-refractivity contribution in [3.63, 3.8) is 0 Å². The Balaban J connectivity index is 2.98. The number of alkyl halides is 3. The number of aliphatic hydroxyl groups is 1. The number of amides is 1. The summed E-state index contributed by atoms with van der Waals surface area (Å²) in [6, 6.07) is 0. The first-order chi connectivity index (χ1) is 9.08. The van der Waals surface area contributed by atoms with Gasteiger partial charge in [-0.05, 0) is 5.92 Å².